The van der Waals surface area contributed by atoms with Crippen molar-refractivity contribution in [2.45, 2.75) is 19.4 Å². The van der Waals surface area contributed by atoms with Gasteiger partial charge in [-0.25, -0.2) is 0 Å². The minimum Gasteiger partial charge on any atom is -0.373 e. The molecule has 0 atom stereocenters. The average Bonchev–Trinajstić information content (AvgIpc) is 2.74. The highest BCUT2D eigenvalue weighted by atomic mass is 15.1. The van der Waals surface area contributed by atoms with Crippen molar-refractivity contribution in [2.75, 3.05) is 6.54 Å². The first-order valence-corrected chi connectivity index (χ1v) is 9.53. The van der Waals surface area contributed by atoms with Crippen molar-refractivity contribution in [1.29, 1.82) is 0 Å². The second kappa shape index (κ2) is 8.43. The van der Waals surface area contributed by atoms with Crippen LogP contribution in [0.1, 0.15) is 29.5 Å². The average molecular weight is 349 g/mol. The van der Waals surface area contributed by atoms with E-state index in [4.69, 9.17) is 0 Å². The first kappa shape index (κ1) is 17.2. The molecule has 1 heteroatoms. The standard InChI is InChI=1S/C26H23N/c1-4-10-23(11-5-1)25-16-14-22(15-17-25)9-3-2-8-19-27-20-18-24-12-6-7-13-26(24)21-27/h1,4-7,10-18,20H,2,8,19,21H2. The van der Waals surface area contributed by atoms with Crippen molar-refractivity contribution in [3.05, 3.63) is 102 Å². The van der Waals surface area contributed by atoms with E-state index in [1.807, 2.05) is 6.07 Å². The van der Waals surface area contributed by atoms with Crippen LogP contribution in [0.25, 0.3) is 17.2 Å². The number of hydrogen-bond acceptors (Lipinski definition) is 1. The van der Waals surface area contributed by atoms with Gasteiger partial charge in [-0.3, -0.25) is 0 Å². The lowest BCUT2D eigenvalue weighted by Gasteiger charge is -2.24. The van der Waals surface area contributed by atoms with E-state index in [0.717, 1.165) is 31.5 Å². The molecule has 0 unspecified atom stereocenters. The smallest absolute Gasteiger partial charge is 0.0429 e. The van der Waals surface area contributed by atoms with Gasteiger partial charge in [-0.05, 0) is 53.1 Å². The summed E-state index contributed by atoms with van der Waals surface area (Å²) in [5.41, 5.74) is 6.31. The Bertz CT molecular complexity index is 972. The number of hydrogen-bond donors (Lipinski definition) is 0. The molecule has 0 radical (unpaired) electrons. The fourth-order valence-electron chi connectivity index (χ4n) is 3.36. The highest BCUT2D eigenvalue weighted by Gasteiger charge is 2.08. The molecule has 4 rings (SSSR count). The van der Waals surface area contributed by atoms with Gasteiger partial charge in [-0.15, -0.1) is 0 Å². The number of fused-ring (bicyclic) bond motifs is 1. The highest BCUT2D eigenvalue weighted by Crippen LogP contribution is 2.20. The molecule has 0 aromatic heterocycles. The summed E-state index contributed by atoms with van der Waals surface area (Å²) in [5.74, 6) is 6.61. The maximum absolute atomic E-state index is 3.32. The third-order valence-corrected chi connectivity index (χ3v) is 4.87. The van der Waals surface area contributed by atoms with Crippen LogP contribution in [0.2, 0.25) is 0 Å². The van der Waals surface area contributed by atoms with Crippen molar-refractivity contribution in [3.63, 3.8) is 0 Å². The van der Waals surface area contributed by atoms with Gasteiger partial charge in [0, 0.05) is 25.1 Å². The number of nitrogens with zero attached hydrogens (tertiary/aromatic N) is 1. The van der Waals surface area contributed by atoms with E-state index in [9.17, 15) is 0 Å². The third kappa shape index (κ3) is 4.49. The lowest BCUT2D eigenvalue weighted by atomic mass is 10.0. The Labute approximate surface area is 162 Å². The molecule has 3 aromatic carbocycles. The predicted molar refractivity (Wildman–Crippen MR) is 114 cm³/mol. The molecule has 1 aliphatic heterocycles. The van der Waals surface area contributed by atoms with Crippen LogP contribution in [0.15, 0.2) is 85.1 Å². The monoisotopic (exact) mass is 349 g/mol. The fourth-order valence-corrected chi connectivity index (χ4v) is 3.36. The zero-order chi connectivity index (χ0) is 18.3. The minimum absolute atomic E-state index is 0.923. The quantitative estimate of drug-likeness (QED) is 0.414. The lowest BCUT2D eigenvalue weighted by molar-refractivity contribution is 0.362. The molecular formula is C26H23N. The Morgan fingerprint density at radius 3 is 2.37 bits per heavy atom. The Kier molecular flexibility index (Phi) is 5.36. The fraction of sp³-hybridized carbons (Fsp3) is 0.154. The molecule has 0 saturated carbocycles. The largest absolute Gasteiger partial charge is 0.373 e. The second-order valence-corrected chi connectivity index (χ2v) is 6.83. The molecule has 132 valence electrons. The molecule has 1 nitrogen and oxygen atoms in total. The molecule has 27 heavy (non-hydrogen) atoms. The molecule has 1 heterocycles. The highest BCUT2D eigenvalue weighted by molar-refractivity contribution is 5.64. The Morgan fingerprint density at radius 1 is 0.778 bits per heavy atom. The topological polar surface area (TPSA) is 3.24 Å². The lowest BCUT2D eigenvalue weighted by Crippen LogP contribution is -2.20. The molecule has 0 bridgehead atoms. The first-order valence-electron chi connectivity index (χ1n) is 9.53. The summed E-state index contributed by atoms with van der Waals surface area (Å²) in [5, 5.41) is 0. The maximum atomic E-state index is 3.32. The van der Waals surface area contributed by atoms with Crippen LogP contribution < -0.4 is 0 Å². The van der Waals surface area contributed by atoms with E-state index in [-0.39, 0.29) is 0 Å². The summed E-state index contributed by atoms with van der Waals surface area (Å²) in [6.45, 7) is 2.05. The Hall–Kier alpha value is -3.24. The second-order valence-electron chi connectivity index (χ2n) is 6.83. The minimum atomic E-state index is 0.923. The van der Waals surface area contributed by atoms with E-state index in [1.54, 1.807) is 0 Å². The molecule has 0 aliphatic carbocycles. The van der Waals surface area contributed by atoms with E-state index in [1.165, 1.54) is 22.3 Å². The van der Waals surface area contributed by atoms with Gasteiger partial charge in [0.2, 0.25) is 0 Å². The van der Waals surface area contributed by atoms with Gasteiger partial charge in [0.1, 0.15) is 0 Å². The van der Waals surface area contributed by atoms with Crippen LogP contribution in [0.5, 0.6) is 0 Å². The van der Waals surface area contributed by atoms with Gasteiger partial charge in [-0.2, -0.15) is 0 Å². The van der Waals surface area contributed by atoms with E-state index >= 15 is 0 Å². The zero-order valence-corrected chi connectivity index (χ0v) is 15.4. The molecular weight excluding hydrogens is 326 g/mol. The number of rotatable bonds is 4. The molecule has 0 N–H and O–H groups in total. The Balaban J connectivity index is 1.26. The number of benzene rings is 3. The van der Waals surface area contributed by atoms with Gasteiger partial charge < -0.3 is 4.90 Å². The summed E-state index contributed by atoms with van der Waals surface area (Å²) >= 11 is 0. The molecule has 0 amide bonds. The van der Waals surface area contributed by atoms with Crippen molar-refractivity contribution in [1.82, 2.24) is 4.90 Å². The van der Waals surface area contributed by atoms with Gasteiger partial charge >= 0.3 is 0 Å². The van der Waals surface area contributed by atoms with Crippen LogP contribution in [0.4, 0.5) is 0 Å². The normalized spacial score (nSPS) is 12.2. The third-order valence-electron chi connectivity index (χ3n) is 4.87. The Morgan fingerprint density at radius 2 is 1.52 bits per heavy atom. The van der Waals surface area contributed by atoms with Gasteiger partial charge in [0.05, 0.1) is 0 Å². The SMILES string of the molecule is C(#Cc1ccc(-c2ccccc2)cc1)CCCN1C=Cc2ccccc2C1. The van der Waals surface area contributed by atoms with Crippen molar-refractivity contribution >= 4 is 6.08 Å². The van der Waals surface area contributed by atoms with E-state index in [2.05, 4.69) is 102 Å². The van der Waals surface area contributed by atoms with Gasteiger partial charge in [-0.1, -0.05) is 78.6 Å². The molecule has 0 spiro atoms. The van der Waals surface area contributed by atoms with Crippen molar-refractivity contribution in [3.8, 4) is 23.0 Å². The predicted octanol–water partition coefficient (Wildman–Crippen LogP) is 5.97. The number of unbranched alkanes of at least 4 members (excludes halogenated alkanes) is 1. The van der Waals surface area contributed by atoms with Crippen LogP contribution in [-0.2, 0) is 6.54 Å². The summed E-state index contributed by atoms with van der Waals surface area (Å²) < 4.78 is 0. The molecule has 0 fully saturated rings. The van der Waals surface area contributed by atoms with Crippen LogP contribution in [0, 0.1) is 11.8 Å². The molecule has 3 aromatic rings. The van der Waals surface area contributed by atoms with Crippen molar-refractivity contribution in [2.24, 2.45) is 0 Å². The maximum Gasteiger partial charge on any atom is 0.0429 e. The van der Waals surface area contributed by atoms with E-state index < -0.39 is 0 Å². The summed E-state index contributed by atoms with van der Waals surface area (Å²) in [6.07, 6.45) is 6.42. The van der Waals surface area contributed by atoms with Crippen LogP contribution in [0.3, 0.4) is 0 Å². The van der Waals surface area contributed by atoms with Gasteiger partial charge in [0.15, 0.2) is 0 Å². The molecule has 0 saturated heterocycles. The van der Waals surface area contributed by atoms with E-state index in [0.29, 0.717) is 0 Å². The van der Waals surface area contributed by atoms with Crippen LogP contribution >= 0.6 is 0 Å². The van der Waals surface area contributed by atoms with Crippen molar-refractivity contribution < 1.29 is 0 Å². The van der Waals surface area contributed by atoms with Crippen LogP contribution in [-0.4, -0.2) is 11.4 Å². The summed E-state index contributed by atoms with van der Waals surface area (Å²) in [7, 11) is 0. The summed E-state index contributed by atoms with van der Waals surface area (Å²) in [6, 6.07) is 27.6. The first-order chi connectivity index (χ1) is 13.4. The summed E-state index contributed by atoms with van der Waals surface area (Å²) in [4.78, 5) is 2.37. The van der Waals surface area contributed by atoms with Gasteiger partial charge in [0.25, 0.3) is 0 Å². The zero-order valence-electron chi connectivity index (χ0n) is 15.4. The molecule has 1 aliphatic rings.